The first-order valence-corrected chi connectivity index (χ1v) is 6.11. The van der Waals surface area contributed by atoms with Gasteiger partial charge in [0.15, 0.2) is 0 Å². The van der Waals surface area contributed by atoms with E-state index in [0.29, 0.717) is 18.2 Å². The number of carbonyl (C=O) groups excluding carboxylic acids is 1. The molecule has 0 radical (unpaired) electrons. The first kappa shape index (κ1) is 12.1. The summed E-state index contributed by atoms with van der Waals surface area (Å²) in [5.74, 6) is 0.215. The van der Waals surface area contributed by atoms with Crippen molar-refractivity contribution in [1.82, 2.24) is 15.1 Å². The summed E-state index contributed by atoms with van der Waals surface area (Å²) in [6, 6.07) is 1.79. The van der Waals surface area contributed by atoms with E-state index in [1.54, 1.807) is 17.8 Å². The van der Waals surface area contributed by atoms with Crippen LogP contribution in [0.2, 0.25) is 0 Å². The highest BCUT2D eigenvalue weighted by atomic mass is 16.3. The summed E-state index contributed by atoms with van der Waals surface area (Å²) in [6.07, 6.45) is 2.55. The zero-order chi connectivity index (χ0) is 12.4. The molecule has 94 valence electrons. The first-order chi connectivity index (χ1) is 8.11. The minimum Gasteiger partial charge on any atom is -0.391 e. The summed E-state index contributed by atoms with van der Waals surface area (Å²) >= 11 is 0. The standard InChI is InChI=1S/C12H19N3O2/c1-3-9-6-10(15(2)14-9)12(17)13-7-11(16)8-4-5-8/h6,8,11,16H,3-5,7H2,1-2H3,(H,13,17). The molecule has 0 saturated heterocycles. The van der Waals surface area contributed by atoms with Crippen molar-refractivity contribution >= 4 is 5.91 Å². The van der Waals surface area contributed by atoms with Gasteiger partial charge in [-0.3, -0.25) is 9.48 Å². The van der Waals surface area contributed by atoms with Crippen molar-refractivity contribution in [2.24, 2.45) is 13.0 Å². The van der Waals surface area contributed by atoms with E-state index in [4.69, 9.17) is 0 Å². The molecule has 0 aromatic carbocycles. The van der Waals surface area contributed by atoms with Crippen molar-refractivity contribution in [3.05, 3.63) is 17.5 Å². The Kier molecular flexibility index (Phi) is 3.47. The molecule has 1 amide bonds. The minimum absolute atomic E-state index is 0.167. The highest BCUT2D eigenvalue weighted by molar-refractivity contribution is 5.92. The summed E-state index contributed by atoms with van der Waals surface area (Å²) < 4.78 is 1.58. The van der Waals surface area contributed by atoms with Crippen molar-refractivity contribution in [1.29, 1.82) is 0 Å². The Morgan fingerprint density at radius 3 is 2.94 bits per heavy atom. The molecule has 5 heteroatoms. The van der Waals surface area contributed by atoms with Crippen molar-refractivity contribution in [3.8, 4) is 0 Å². The van der Waals surface area contributed by atoms with Crippen molar-refractivity contribution in [2.75, 3.05) is 6.54 Å². The summed E-state index contributed by atoms with van der Waals surface area (Å²) in [4.78, 5) is 11.9. The maximum absolute atomic E-state index is 11.9. The van der Waals surface area contributed by atoms with E-state index >= 15 is 0 Å². The molecule has 2 rings (SSSR count). The minimum atomic E-state index is -0.405. The molecular weight excluding hydrogens is 218 g/mol. The van der Waals surface area contributed by atoms with E-state index in [2.05, 4.69) is 10.4 Å². The van der Waals surface area contributed by atoms with Gasteiger partial charge in [-0.25, -0.2) is 0 Å². The van der Waals surface area contributed by atoms with Crippen LogP contribution in [0.25, 0.3) is 0 Å². The third-order valence-corrected chi connectivity index (χ3v) is 3.16. The van der Waals surface area contributed by atoms with Gasteiger partial charge in [0.25, 0.3) is 5.91 Å². The fraction of sp³-hybridized carbons (Fsp3) is 0.667. The van der Waals surface area contributed by atoms with Gasteiger partial charge in [0.1, 0.15) is 5.69 Å². The second-order valence-electron chi connectivity index (χ2n) is 4.61. The quantitative estimate of drug-likeness (QED) is 0.783. The Hall–Kier alpha value is -1.36. The lowest BCUT2D eigenvalue weighted by molar-refractivity contribution is 0.0892. The number of nitrogens with one attached hydrogen (secondary N) is 1. The van der Waals surface area contributed by atoms with Gasteiger partial charge in [-0.2, -0.15) is 5.10 Å². The zero-order valence-electron chi connectivity index (χ0n) is 10.3. The molecule has 0 aliphatic heterocycles. The third-order valence-electron chi connectivity index (χ3n) is 3.16. The van der Waals surface area contributed by atoms with Gasteiger partial charge in [0, 0.05) is 13.6 Å². The Morgan fingerprint density at radius 1 is 1.71 bits per heavy atom. The molecule has 2 N–H and O–H groups in total. The number of aliphatic hydroxyl groups excluding tert-OH is 1. The van der Waals surface area contributed by atoms with Gasteiger partial charge < -0.3 is 10.4 Å². The fourth-order valence-electron chi connectivity index (χ4n) is 1.85. The molecule has 1 fully saturated rings. The van der Waals surface area contributed by atoms with Crippen LogP contribution < -0.4 is 5.32 Å². The summed E-state index contributed by atoms with van der Waals surface area (Å²) in [6.45, 7) is 2.33. The van der Waals surface area contributed by atoms with Crippen molar-refractivity contribution in [2.45, 2.75) is 32.3 Å². The van der Waals surface area contributed by atoms with E-state index in [1.807, 2.05) is 6.92 Å². The average molecular weight is 237 g/mol. The molecule has 1 unspecified atom stereocenters. The molecule has 0 spiro atoms. The molecule has 17 heavy (non-hydrogen) atoms. The van der Waals surface area contributed by atoms with Gasteiger partial charge in [-0.05, 0) is 31.2 Å². The lowest BCUT2D eigenvalue weighted by atomic mass is 10.2. The second-order valence-corrected chi connectivity index (χ2v) is 4.61. The van der Waals surface area contributed by atoms with Gasteiger partial charge in [-0.15, -0.1) is 0 Å². The maximum Gasteiger partial charge on any atom is 0.269 e. The predicted octanol–water partition coefficient (Wildman–Crippen LogP) is 0.483. The molecule has 1 aliphatic rings. The Labute approximate surface area is 101 Å². The highest BCUT2D eigenvalue weighted by Crippen LogP contribution is 2.32. The average Bonchev–Trinajstić information content (AvgIpc) is 3.09. The number of aromatic nitrogens is 2. The largest absolute Gasteiger partial charge is 0.391 e. The van der Waals surface area contributed by atoms with Crippen LogP contribution in [0.1, 0.15) is 35.9 Å². The number of amides is 1. The zero-order valence-corrected chi connectivity index (χ0v) is 10.3. The Morgan fingerprint density at radius 2 is 2.41 bits per heavy atom. The maximum atomic E-state index is 11.9. The van der Waals surface area contributed by atoms with Crippen LogP contribution in [-0.2, 0) is 13.5 Å². The molecule has 5 nitrogen and oxygen atoms in total. The molecule has 1 atom stereocenters. The SMILES string of the molecule is CCc1cc(C(=O)NCC(O)C2CC2)n(C)n1. The monoisotopic (exact) mass is 237 g/mol. The van der Waals surface area contributed by atoms with E-state index in [1.165, 1.54) is 0 Å². The molecule has 1 aromatic heterocycles. The Bertz CT molecular complexity index is 410. The number of aryl methyl sites for hydroxylation is 2. The van der Waals surface area contributed by atoms with Gasteiger partial charge >= 0.3 is 0 Å². The summed E-state index contributed by atoms with van der Waals surface area (Å²) in [5, 5.41) is 16.6. The second kappa shape index (κ2) is 4.87. The molecule has 1 aliphatic carbocycles. The van der Waals surface area contributed by atoms with Crippen molar-refractivity contribution in [3.63, 3.8) is 0 Å². The van der Waals surface area contributed by atoms with Crippen molar-refractivity contribution < 1.29 is 9.90 Å². The van der Waals surface area contributed by atoms with Crippen LogP contribution in [0.5, 0.6) is 0 Å². The number of nitrogens with zero attached hydrogens (tertiary/aromatic N) is 2. The smallest absolute Gasteiger partial charge is 0.269 e. The number of hydrogen-bond acceptors (Lipinski definition) is 3. The normalized spacial score (nSPS) is 16.9. The van der Waals surface area contributed by atoms with E-state index < -0.39 is 6.10 Å². The van der Waals surface area contributed by atoms with Crippen LogP contribution in [0, 0.1) is 5.92 Å². The highest BCUT2D eigenvalue weighted by Gasteiger charge is 2.29. The van der Waals surface area contributed by atoms with E-state index in [9.17, 15) is 9.90 Å². The van der Waals surface area contributed by atoms with Gasteiger partial charge in [0.2, 0.25) is 0 Å². The lowest BCUT2D eigenvalue weighted by Gasteiger charge is -2.10. The van der Waals surface area contributed by atoms with Gasteiger partial charge in [-0.1, -0.05) is 6.92 Å². The van der Waals surface area contributed by atoms with Crippen LogP contribution in [-0.4, -0.2) is 33.4 Å². The molecule has 1 heterocycles. The lowest BCUT2D eigenvalue weighted by Crippen LogP contribution is -2.34. The van der Waals surface area contributed by atoms with Crippen LogP contribution in [0.3, 0.4) is 0 Å². The van der Waals surface area contributed by atoms with Crippen LogP contribution >= 0.6 is 0 Å². The van der Waals surface area contributed by atoms with Crippen LogP contribution in [0.15, 0.2) is 6.07 Å². The van der Waals surface area contributed by atoms with E-state index in [0.717, 1.165) is 25.0 Å². The predicted molar refractivity (Wildman–Crippen MR) is 63.7 cm³/mol. The first-order valence-electron chi connectivity index (χ1n) is 6.11. The van der Waals surface area contributed by atoms with Crippen LogP contribution in [0.4, 0.5) is 0 Å². The molecule has 1 saturated carbocycles. The molecule has 1 aromatic rings. The third kappa shape index (κ3) is 2.85. The topological polar surface area (TPSA) is 67.2 Å². The molecular formula is C12H19N3O2. The molecule has 0 bridgehead atoms. The number of hydrogen-bond donors (Lipinski definition) is 2. The Balaban J connectivity index is 1.91. The number of rotatable bonds is 5. The summed E-state index contributed by atoms with van der Waals surface area (Å²) in [5.41, 5.74) is 1.45. The van der Waals surface area contributed by atoms with Gasteiger partial charge in [0.05, 0.1) is 11.8 Å². The number of aliphatic hydroxyl groups is 1. The van der Waals surface area contributed by atoms with E-state index in [-0.39, 0.29) is 5.91 Å². The summed E-state index contributed by atoms with van der Waals surface area (Å²) in [7, 11) is 1.76. The fourth-order valence-corrected chi connectivity index (χ4v) is 1.85. The number of carbonyl (C=O) groups is 1.